The highest BCUT2D eigenvalue weighted by molar-refractivity contribution is 5.89. The van der Waals surface area contributed by atoms with Crippen molar-refractivity contribution in [2.24, 2.45) is 30.2 Å². The lowest BCUT2D eigenvalue weighted by Crippen LogP contribution is -2.58. The van der Waals surface area contributed by atoms with E-state index in [1.54, 1.807) is 0 Å². The zero-order chi connectivity index (χ0) is 22.6. The summed E-state index contributed by atoms with van der Waals surface area (Å²) in [6.45, 7) is 0.962. The van der Waals surface area contributed by atoms with Crippen LogP contribution in [0, 0.1) is 23.2 Å². The SMILES string of the molecule is Cn1cccc1CN(C(=O)CN(C(=O)C12CC3CC(CC(C3)C1)C2)C1CCCCC1)C1CC1. The van der Waals surface area contributed by atoms with Gasteiger partial charge in [-0.2, -0.15) is 0 Å². The van der Waals surface area contributed by atoms with Crippen LogP contribution in [0.2, 0.25) is 0 Å². The number of carbonyl (C=O) groups excluding carboxylic acids is 2. The van der Waals surface area contributed by atoms with Crippen LogP contribution in [0.25, 0.3) is 0 Å². The van der Waals surface area contributed by atoms with Crippen LogP contribution in [0.4, 0.5) is 0 Å². The van der Waals surface area contributed by atoms with Crippen LogP contribution in [0.1, 0.15) is 89.2 Å². The molecule has 0 aromatic carbocycles. The van der Waals surface area contributed by atoms with E-state index in [0.29, 0.717) is 25.0 Å². The van der Waals surface area contributed by atoms with E-state index in [1.807, 2.05) is 0 Å². The molecule has 2 amide bonds. The summed E-state index contributed by atoms with van der Waals surface area (Å²) in [5, 5.41) is 0. The summed E-state index contributed by atoms with van der Waals surface area (Å²) in [4.78, 5) is 32.3. The fraction of sp³-hybridized carbons (Fsp3) is 0.786. The van der Waals surface area contributed by atoms with E-state index in [0.717, 1.165) is 62.7 Å². The van der Waals surface area contributed by atoms with Crippen LogP contribution in [-0.4, -0.2) is 44.8 Å². The Bertz CT molecular complexity index is 859. The van der Waals surface area contributed by atoms with Crippen LogP contribution in [0.5, 0.6) is 0 Å². The summed E-state index contributed by atoms with van der Waals surface area (Å²) in [5.74, 6) is 2.79. The third-order valence-corrected chi connectivity index (χ3v) is 9.77. The van der Waals surface area contributed by atoms with Crippen molar-refractivity contribution in [3.63, 3.8) is 0 Å². The Morgan fingerprint density at radius 2 is 1.52 bits per heavy atom. The van der Waals surface area contributed by atoms with Crippen LogP contribution < -0.4 is 0 Å². The number of carbonyl (C=O) groups is 2. The van der Waals surface area contributed by atoms with Gasteiger partial charge in [-0.1, -0.05) is 19.3 Å². The zero-order valence-corrected chi connectivity index (χ0v) is 20.4. The van der Waals surface area contributed by atoms with Gasteiger partial charge in [-0.25, -0.2) is 0 Å². The van der Waals surface area contributed by atoms with Crippen LogP contribution in [-0.2, 0) is 23.2 Å². The number of hydrogen-bond acceptors (Lipinski definition) is 2. The molecule has 5 heteroatoms. The Labute approximate surface area is 198 Å². The molecule has 6 aliphatic carbocycles. The molecule has 33 heavy (non-hydrogen) atoms. The van der Waals surface area contributed by atoms with Gasteiger partial charge in [0.05, 0.1) is 12.0 Å². The smallest absolute Gasteiger partial charge is 0.242 e. The molecule has 1 aromatic rings. The fourth-order valence-electron chi connectivity index (χ4n) is 8.32. The van der Waals surface area contributed by atoms with Crippen molar-refractivity contribution in [3.8, 4) is 0 Å². The maximum absolute atomic E-state index is 14.4. The van der Waals surface area contributed by atoms with Crippen molar-refractivity contribution in [2.45, 2.75) is 102 Å². The molecule has 0 atom stereocenters. The Balaban J connectivity index is 1.24. The van der Waals surface area contributed by atoms with Crippen LogP contribution >= 0.6 is 0 Å². The zero-order valence-electron chi connectivity index (χ0n) is 20.4. The molecule has 0 spiro atoms. The van der Waals surface area contributed by atoms with Crippen molar-refractivity contribution in [2.75, 3.05) is 6.54 Å². The van der Waals surface area contributed by atoms with Crippen LogP contribution in [0.3, 0.4) is 0 Å². The lowest BCUT2D eigenvalue weighted by Gasteiger charge is -2.57. The average Bonchev–Trinajstić information content (AvgIpc) is 3.56. The largest absolute Gasteiger partial charge is 0.353 e. The normalized spacial score (nSPS) is 33.3. The molecule has 0 unspecified atom stereocenters. The standard InChI is InChI=1S/C28H41N3O2/c1-29-11-5-8-25(29)18-30(24-9-10-24)26(32)19-31(23-6-3-2-4-7-23)27(33)28-15-20-12-21(16-28)14-22(13-20)17-28/h5,8,11,20-24H,2-4,6-7,9-10,12-19H2,1H3. The minimum atomic E-state index is -0.158. The molecule has 0 aliphatic heterocycles. The summed E-state index contributed by atoms with van der Waals surface area (Å²) in [6, 6.07) is 4.78. The predicted octanol–water partition coefficient (Wildman–Crippen LogP) is 4.89. The van der Waals surface area contributed by atoms with Gasteiger partial charge in [-0.15, -0.1) is 0 Å². The molecule has 0 N–H and O–H groups in total. The third-order valence-electron chi connectivity index (χ3n) is 9.77. The van der Waals surface area contributed by atoms with Gasteiger partial charge in [0, 0.05) is 31.0 Å². The van der Waals surface area contributed by atoms with Gasteiger partial charge in [0.15, 0.2) is 0 Å². The van der Waals surface area contributed by atoms with Crippen molar-refractivity contribution in [1.82, 2.24) is 14.4 Å². The average molecular weight is 452 g/mol. The van der Waals surface area contributed by atoms with E-state index in [9.17, 15) is 9.59 Å². The monoisotopic (exact) mass is 451 g/mol. The van der Waals surface area contributed by atoms with Crippen LogP contribution in [0.15, 0.2) is 18.3 Å². The van der Waals surface area contributed by atoms with E-state index in [-0.39, 0.29) is 17.4 Å². The first-order chi connectivity index (χ1) is 16.0. The first-order valence-electron chi connectivity index (χ1n) is 13.7. The number of aryl methyl sites for hydroxylation is 1. The molecule has 6 aliphatic rings. The summed E-state index contributed by atoms with van der Waals surface area (Å²) >= 11 is 0. The summed E-state index contributed by atoms with van der Waals surface area (Å²) in [6.07, 6.45) is 17.4. The maximum atomic E-state index is 14.4. The fourth-order valence-corrected chi connectivity index (χ4v) is 8.32. The predicted molar refractivity (Wildman–Crippen MR) is 128 cm³/mol. The van der Waals surface area contributed by atoms with Crippen molar-refractivity contribution >= 4 is 11.8 Å². The Hall–Kier alpha value is -1.78. The van der Waals surface area contributed by atoms with Crippen molar-refractivity contribution in [1.29, 1.82) is 0 Å². The summed E-state index contributed by atoms with van der Waals surface area (Å²) in [7, 11) is 2.05. The molecule has 6 fully saturated rings. The second-order valence-electron chi connectivity index (χ2n) is 12.3. The van der Waals surface area contributed by atoms with Gasteiger partial charge in [0.2, 0.25) is 11.8 Å². The highest BCUT2D eigenvalue weighted by atomic mass is 16.2. The quantitative estimate of drug-likeness (QED) is 0.592. The molecule has 0 radical (unpaired) electrons. The second kappa shape index (κ2) is 8.46. The molecule has 6 saturated carbocycles. The van der Waals surface area contributed by atoms with Crippen molar-refractivity contribution in [3.05, 3.63) is 24.0 Å². The molecular formula is C28H41N3O2. The number of amides is 2. The second-order valence-corrected chi connectivity index (χ2v) is 12.3. The van der Waals surface area contributed by atoms with Gasteiger partial charge in [0.25, 0.3) is 0 Å². The molecular weight excluding hydrogens is 410 g/mol. The minimum Gasteiger partial charge on any atom is -0.353 e. The molecule has 1 heterocycles. The lowest BCUT2D eigenvalue weighted by molar-refractivity contribution is -0.163. The van der Waals surface area contributed by atoms with Gasteiger partial charge >= 0.3 is 0 Å². The lowest BCUT2D eigenvalue weighted by atomic mass is 9.49. The first kappa shape index (κ1) is 21.7. The third kappa shape index (κ3) is 4.14. The number of rotatable bonds is 7. The molecule has 180 valence electrons. The van der Waals surface area contributed by atoms with Gasteiger partial charge < -0.3 is 14.4 Å². The Kier molecular flexibility index (Phi) is 5.57. The minimum absolute atomic E-state index is 0.158. The molecule has 1 aromatic heterocycles. The van der Waals surface area contributed by atoms with E-state index >= 15 is 0 Å². The Morgan fingerprint density at radius 1 is 0.909 bits per heavy atom. The maximum Gasteiger partial charge on any atom is 0.242 e. The van der Waals surface area contributed by atoms with Gasteiger partial charge in [-0.05, 0) is 94.1 Å². The van der Waals surface area contributed by atoms with Gasteiger partial charge in [-0.3, -0.25) is 9.59 Å². The summed E-state index contributed by atoms with van der Waals surface area (Å²) < 4.78 is 2.11. The molecule has 4 bridgehead atoms. The van der Waals surface area contributed by atoms with Crippen molar-refractivity contribution < 1.29 is 9.59 Å². The number of hydrogen-bond donors (Lipinski definition) is 0. The number of nitrogens with zero attached hydrogens (tertiary/aromatic N) is 3. The van der Waals surface area contributed by atoms with E-state index in [4.69, 9.17) is 0 Å². The van der Waals surface area contributed by atoms with E-state index in [1.165, 1.54) is 44.2 Å². The topological polar surface area (TPSA) is 45.6 Å². The van der Waals surface area contributed by atoms with E-state index < -0.39 is 0 Å². The number of aromatic nitrogens is 1. The van der Waals surface area contributed by atoms with E-state index in [2.05, 4.69) is 39.7 Å². The Morgan fingerprint density at radius 3 is 2.06 bits per heavy atom. The molecule has 5 nitrogen and oxygen atoms in total. The highest BCUT2D eigenvalue weighted by Gasteiger charge is 2.56. The molecule has 0 saturated heterocycles. The first-order valence-corrected chi connectivity index (χ1v) is 13.7. The highest BCUT2D eigenvalue weighted by Crippen LogP contribution is 2.60. The summed E-state index contributed by atoms with van der Waals surface area (Å²) in [5.41, 5.74) is 1.02. The van der Waals surface area contributed by atoms with Gasteiger partial charge in [0.1, 0.15) is 6.54 Å². The molecule has 7 rings (SSSR count).